The van der Waals surface area contributed by atoms with E-state index in [4.69, 9.17) is 11.6 Å². The van der Waals surface area contributed by atoms with E-state index in [0.29, 0.717) is 13.0 Å². The van der Waals surface area contributed by atoms with Crippen molar-refractivity contribution >= 4 is 44.8 Å². The first-order valence-corrected chi connectivity index (χ1v) is 7.78. The minimum atomic E-state index is -0.0236. The second-order valence-electron chi connectivity index (χ2n) is 4.64. The molecule has 110 valence electrons. The Labute approximate surface area is 137 Å². The molecule has 2 N–H and O–H groups in total. The maximum atomic E-state index is 11.9. The Balaban J connectivity index is 1.81. The lowest BCUT2D eigenvalue weighted by atomic mass is 10.2. The van der Waals surface area contributed by atoms with Crippen LogP contribution in [0.3, 0.4) is 0 Å². The van der Waals surface area contributed by atoms with Gasteiger partial charge in [-0.3, -0.25) is 4.79 Å². The van der Waals surface area contributed by atoms with Crippen LogP contribution >= 0.6 is 27.5 Å². The highest BCUT2D eigenvalue weighted by Gasteiger charge is 2.04. The molecule has 0 spiro atoms. The number of hydrogen-bond donors (Lipinski definition) is 2. The number of carbonyl (C=O) groups excluding carboxylic acids is 1. The van der Waals surface area contributed by atoms with Gasteiger partial charge < -0.3 is 10.6 Å². The summed E-state index contributed by atoms with van der Waals surface area (Å²) in [6.07, 6.45) is 0.391. The van der Waals surface area contributed by atoms with Crippen LogP contribution in [0.1, 0.15) is 12.0 Å². The zero-order valence-electron chi connectivity index (χ0n) is 11.6. The van der Waals surface area contributed by atoms with Gasteiger partial charge in [0.15, 0.2) is 0 Å². The Hall–Kier alpha value is -1.52. The molecule has 0 saturated carbocycles. The summed E-state index contributed by atoms with van der Waals surface area (Å²) in [5.41, 5.74) is 2.74. The molecule has 0 aliphatic carbocycles. The maximum absolute atomic E-state index is 11.9. The molecule has 0 heterocycles. The highest BCUT2D eigenvalue weighted by molar-refractivity contribution is 9.10. The summed E-state index contributed by atoms with van der Waals surface area (Å²) in [6, 6.07) is 13.2. The Kier molecular flexibility index (Phi) is 5.65. The molecule has 21 heavy (non-hydrogen) atoms. The predicted octanol–water partition coefficient (Wildman–Crippen LogP) is 4.85. The molecule has 0 bridgehead atoms. The lowest BCUT2D eigenvalue weighted by molar-refractivity contribution is -0.115. The van der Waals surface area contributed by atoms with Crippen LogP contribution in [0.25, 0.3) is 0 Å². The van der Waals surface area contributed by atoms with Crippen molar-refractivity contribution < 1.29 is 4.79 Å². The first kappa shape index (κ1) is 15.9. The Morgan fingerprint density at radius 1 is 1.19 bits per heavy atom. The molecule has 1 amide bonds. The fourth-order valence-corrected chi connectivity index (χ4v) is 2.31. The van der Waals surface area contributed by atoms with Crippen LogP contribution in [-0.2, 0) is 4.79 Å². The van der Waals surface area contributed by atoms with Crippen molar-refractivity contribution in [2.24, 2.45) is 0 Å². The van der Waals surface area contributed by atoms with E-state index in [1.807, 2.05) is 49.4 Å². The molecule has 2 aromatic rings. The number of amides is 1. The fraction of sp³-hybridized carbons (Fsp3) is 0.188. The highest BCUT2D eigenvalue weighted by atomic mass is 79.9. The molecule has 2 aromatic carbocycles. The summed E-state index contributed by atoms with van der Waals surface area (Å²) in [7, 11) is 0. The number of hydrogen-bond acceptors (Lipinski definition) is 2. The first-order chi connectivity index (χ1) is 10.1. The van der Waals surface area contributed by atoms with Crippen LogP contribution in [0, 0.1) is 6.92 Å². The van der Waals surface area contributed by atoms with Gasteiger partial charge in [-0.25, -0.2) is 0 Å². The fourth-order valence-electron chi connectivity index (χ4n) is 1.87. The Morgan fingerprint density at radius 2 is 1.90 bits per heavy atom. The molecule has 0 radical (unpaired) electrons. The number of benzene rings is 2. The van der Waals surface area contributed by atoms with E-state index in [2.05, 4.69) is 26.6 Å². The van der Waals surface area contributed by atoms with E-state index in [-0.39, 0.29) is 5.91 Å². The Bertz CT molecular complexity index is 629. The van der Waals surface area contributed by atoms with E-state index in [1.165, 1.54) is 0 Å². The summed E-state index contributed by atoms with van der Waals surface area (Å²) in [4.78, 5) is 11.9. The average molecular weight is 368 g/mol. The molecule has 0 aliphatic rings. The van der Waals surface area contributed by atoms with Crippen molar-refractivity contribution in [1.29, 1.82) is 0 Å². The molecule has 0 saturated heterocycles. The van der Waals surface area contributed by atoms with E-state index < -0.39 is 0 Å². The minimum Gasteiger partial charge on any atom is -0.384 e. The zero-order valence-corrected chi connectivity index (χ0v) is 14.0. The van der Waals surface area contributed by atoms with E-state index in [0.717, 1.165) is 26.4 Å². The van der Waals surface area contributed by atoms with Crippen LogP contribution in [0.5, 0.6) is 0 Å². The van der Waals surface area contributed by atoms with Gasteiger partial charge in [0, 0.05) is 33.8 Å². The minimum absolute atomic E-state index is 0.0236. The topological polar surface area (TPSA) is 41.1 Å². The average Bonchev–Trinajstić information content (AvgIpc) is 2.46. The molecule has 0 aromatic heterocycles. The number of nitrogens with one attached hydrogen (secondary N) is 2. The summed E-state index contributed by atoms with van der Waals surface area (Å²) in [6.45, 7) is 2.51. The van der Waals surface area contributed by atoms with Crippen molar-refractivity contribution in [1.82, 2.24) is 0 Å². The van der Waals surface area contributed by atoms with Crippen LogP contribution in [-0.4, -0.2) is 12.5 Å². The summed E-state index contributed by atoms with van der Waals surface area (Å²) in [5, 5.41) is 6.80. The molecular weight excluding hydrogens is 352 g/mol. The van der Waals surface area contributed by atoms with Crippen molar-refractivity contribution in [3.63, 3.8) is 0 Å². The van der Waals surface area contributed by atoms with Gasteiger partial charge in [-0.1, -0.05) is 33.6 Å². The molecule has 2 rings (SSSR count). The molecule has 0 unspecified atom stereocenters. The second kappa shape index (κ2) is 7.48. The molecule has 0 aliphatic heterocycles. The van der Waals surface area contributed by atoms with E-state index in [1.54, 1.807) is 0 Å². The molecule has 0 fully saturated rings. The standard InChI is InChI=1S/C16H16BrClN2O/c1-11-14(18)3-2-4-15(11)19-10-9-16(21)20-13-7-5-12(17)6-8-13/h2-8,19H,9-10H2,1H3,(H,20,21). The third-order valence-corrected chi connectivity index (χ3v) is 4.00. The Morgan fingerprint density at radius 3 is 2.62 bits per heavy atom. The van der Waals surface area contributed by atoms with Gasteiger partial charge in [-0.05, 0) is 48.9 Å². The molecule has 0 atom stereocenters. The highest BCUT2D eigenvalue weighted by Crippen LogP contribution is 2.22. The molecular formula is C16H16BrClN2O. The number of halogens is 2. The third-order valence-electron chi connectivity index (χ3n) is 3.06. The largest absolute Gasteiger partial charge is 0.384 e. The van der Waals surface area contributed by atoms with Gasteiger partial charge in [0.05, 0.1) is 0 Å². The van der Waals surface area contributed by atoms with Crippen molar-refractivity contribution in [3.05, 3.63) is 57.5 Å². The van der Waals surface area contributed by atoms with Gasteiger partial charge in [0.1, 0.15) is 0 Å². The molecule has 5 heteroatoms. The van der Waals surface area contributed by atoms with Crippen molar-refractivity contribution in [2.45, 2.75) is 13.3 Å². The van der Waals surface area contributed by atoms with Gasteiger partial charge in [-0.2, -0.15) is 0 Å². The smallest absolute Gasteiger partial charge is 0.226 e. The summed E-state index contributed by atoms with van der Waals surface area (Å²) < 4.78 is 0.985. The lowest BCUT2D eigenvalue weighted by Gasteiger charge is -2.10. The first-order valence-electron chi connectivity index (χ1n) is 6.60. The zero-order chi connectivity index (χ0) is 15.2. The molecule has 3 nitrogen and oxygen atoms in total. The van der Waals surface area contributed by atoms with E-state index >= 15 is 0 Å². The number of anilines is 2. The van der Waals surface area contributed by atoms with Gasteiger partial charge in [-0.15, -0.1) is 0 Å². The van der Waals surface area contributed by atoms with Gasteiger partial charge in [0.25, 0.3) is 0 Å². The van der Waals surface area contributed by atoms with Gasteiger partial charge in [0.2, 0.25) is 5.91 Å². The van der Waals surface area contributed by atoms with Crippen molar-refractivity contribution in [2.75, 3.05) is 17.2 Å². The van der Waals surface area contributed by atoms with Crippen LogP contribution in [0.15, 0.2) is 46.9 Å². The van der Waals surface area contributed by atoms with Gasteiger partial charge >= 0.3 is 0 Å². The lowest BCUT2D eigenvalue weighted by Crippen LogP contribution is -2.16. The second-order valence-corrected chi connectivity index (χ2v) is 5.97. The van der Waals surface area contributed by atoms with Crippen molar-refractivity contribution in [3.8, 4) is 0 Å². The van der Waals surface area contributed by atoms with E-state index in [9.17, 15) is 4.79 Å². The van der Waals surface area contributed by atoms with Crippen LogP contribution in [0.4, 0.5) is 11.4 Å². The quantitative estimate of drug-likeness (QED) is 0.793. The normalized spacial score (nSPS) is 10.2. The summed E-state index contributed by atoms with van der Waals surface area (Å²) in [5.74, 6) is -0.0236. The number of rotatable bonds is 5. The SMILES string of the molecule is Cc1c(Cl)cccc1NCCC(=O)Nc1ccc(Br)cc1. The summed E-state index contributed by atoms with van der Waals surface area (Å²) >= 11 is 9.41. The monoisotopic (exact) mass is 366 g/mol. The third kappa shape index (κ3) is 4.76. The van der Waals surface area contributed by atoms with Crippen LogP contribution in [0.2, 0.25) is 5.02 Å². The van der Waals surface area contributed by atoms with Crippen LogP contribution < -0.4 is 10.6 Å². The number of carbonyl (C=O) groups is 1. The predicted molar refractivity (Wildman–Crippen MR) is 92.1 cm³/mol. The maximum Gasteiger partial charge on any atom is 0.226 e.